The molecule has 5 nitrogen and oxygen atoms in total. The lowest BCUT2D eigenvalue weighted by Gasteiger charge is -2.17. The molecular weight excluding hydrogens is 366 g/mol. The number of alkyl halides is 4. The van der Waals surface area contributed by atoms with Gasteiger partial charge in [-0.15, -0.1) is 0 Å². The van der Waals surface area contributed by atoms with Crippen molar-refractivity contribution >= 4 is 15.5 Å². The summed E-state index contributed by atoms with van der Waals surface area (Å²) in [5.41, 5.74) is 0.942. The highest BCUT2D eigenvalue weighted by Gasteiger charge is 2.17. The van der Waals surface area contributed by atoms with Crippen LogP contribution in [0.4, 0.5) is 23.2 Å². The molecule has 1 aliphatic rings. The van der Waals surface area contributed by atoms with Gasteiger partial charge >= 0.3 is 13.2 Å². The van der Waals surface area contributed by atoms with Gasteiger partial charge in [0.05, 0.1) is 0 Å². The first-order chi connectivity index (χ1) is 11.6. The third-order valence-electron chi connectivity index (χ3n) is 3.27. The maximum absolute atomic E-state index is 12.4. The van der Waals surface area contributed by atoms with E-state index in [1.54, 1.807) is 6.08 Å². The van der Waals surface area contributed by atoms with Crippen molar-refractivity contribution in [2.75, 3.05) is 11.6 Å². The van der Waals surface area contributed by atoms with Crippen LogP contribution in [0.5, 0.6) is 11.5 Å². The van der Waals surface area contributed by atoms with E-state index >= 15 is 0 Å². The van der Waals surface area contributed by atoms with Crippen molar-refractivity contribution in [3.8, 4) is 11.5 Å². The first-order valence-corrected chi connectivity index (χ1v) is 8.95. The summed E-state index contributed by atoms with van der Waals surface area (Å²) in [5.74, 6) is -1.05. The van der Waals surface area contributed by atoms with Crippen LogP contribution in [0.3, 0.4) is 0 Å². The first kappa shape index (κ1) is 19.1. The van der Waals surface area contributed by atoms with Gasteiger partial charge in [-0.25, -0.2) is 8.42 Å². The monoisotopic (exact) mass is 381 g/mol. The van der Waals surface area contributed by atoms with Gasteiger partial charge in [0.25, 0.3) is 0 Å². The topological polar surface area (TPSA) is 64.6 Å². The minimum atomic E-state index is -3.26. The van der Waals surface area contributed by atoms with E-state index in [4.69, 9.17) is 0 Å². The van der Waals surface area contributed by atoms with Gasteiger partial charge in [0, 0.05) is 28.6 Å². The van der Waals surface area contributed by atoms with E-state index < -0.39 is 34.6 Å². The number of allylic oxidation sites excluding steroid dienone is 4. The molecule has 0 bridgehead atoms. The zero-order valence-corrected chi connectivity index (χ0v) is 13.8. The maximum atomic E-state index is 12.4. The smallest absolute Gasteiger partial charge is 0.387 e. The molecule has 0 spiro atoms. The third kappa shape index (κ3) is 5.66. The van der Waals surface area contributed by atoms with Crippen molar-refractivity contribution in [2.45, 2.75) is 26.1 Å². The summed E-state index contributed by atoms with van der Waals surface area (Å²) in [5, 5.41) is 2.90. The third-order valence-corrected chi connectivity index (χ3v) is 4.56. The molecule has 25 heavy (non-hydrogen) atoms. The summed E-state index contributed by atoms with van der Waals surface area (Å²) in [4.78, 5) is 0.292. The Labute approximate surface area is 141 Å². The molecule has 0 heterocycles. The highest BCUT2D eigenvalue weighted by Crippen LogP contribution is 2.34. The summed E-state index contributed by atoms with van der Waals surface area (Å²) in [6.45, 7) is -6.39. The van der Waals surface area contributed by atoms with E-state index in [1.165, 1.54) is 12.1 Å². The molecule has 138 valence electrons. The van der Waals surface area contributed by atoms with Crippen molar-refractivity contribution in [1.82, 2.24) is 0 Å². The average molecular weight is 381 g/mol. The average Bonchev–Trinajstić information content (AvgIpc) is 2.48. The minimum Gasteiger partial charge on any atom is -0.431 e. The second-order valence-corrected chi connectivity index (χ2v) is 7.21. The van der Waals surface area contributed by atoms with Gasteiger partial charge in [-0.3, -0.25) is 0 Å². The van der Waals surface area contributed by atoms with Crippen LogP contribution in [-0.4, -0.2) is 27.9 Å². The molecule has 0 saturated carbocycles. The molecule has 1 aromatic carbocycles. The Morgan fingerprint density at radius 3 is 2.16 bits per heavy atom. The van der Waals surface area contributed by atoms with Crippen molar-refractivity contribution < 1.29 is 35.5 Å². The van der Waals surface area contributed by atoms with Gasteiger partial charge in [-0.05, 0) is 37.1 Å². The number of halogens is 4. The van der Waals surface area contributed by atoms with Crippen LogP contribution in [0, 0.1) is 0 Å². The summed E-state index contributed by atoms with van der Waals surface area (Å²) in [6.07, 6.45) is 4.80. The zero-order chi connectivity index (χ0) is 18.6. The van der Waals surface area contributed by atoms with Crippen LogP contribution >= 0.6 is 0 Å². The van der Waals surface area contributed by atoms with E-state index in [1.807, 2.05) is 0 Å². The number of benzene rings is 1. The Kier molecular flexibility index (Phi) is 5.93. The molecule has 0 saturated heterocycles. The largest absolute Gasteiger partial charge is 0.431 e. The molecule has 10 heteroatoms. The normalized spacial score (nSPS) is 15.0. The van der Waals surface area contributed by atoms with Crippen LogP contribution in [0.1, 0.15) is 12.8 Å². The molecule has 1 aromatic rings. The van der Waals surface area contributed by atoms with E-state index in [0.717, 1.165) is 18.4 Å². The van der Waals surface area contributed by atoms with E-state index in [0.29, 0.717) is 29.1 Å². The van der Waals surface area contributed by atoms with E-state index in [-0.39, 0.29) is 0 Å². The lowest BCUT2D eigenvalue weighted by atomic mass is 10.1. The molecular formula is C15H15F4NO4S. The Balaban J connectivity index is 2.20. The Hall–Kier alpha value is -2.23. The van der Waals surface area contributed by atoms with Crippen molar-refractivity contribution in [2.24, 2.45) is 0 Å². The summed E-state index contributed by atoms with van der Waals surface area (Å²) in [7, 11) is -3.26. The van der Waals surface area contributed by atoms with Crippen LogP contribution in [0.25, 0.3) is 0 Å². The summed E-state index contributed by atoms with van der Waals surface area (Å²) >= 11 is 0. The first-order valence-electron chi connectivity index (χ1n) is 7.05. The number of ether oxygens (including phenoxy) is 2. The summed E-state index contributed by atoms with van der Waals surface area (Å²) in [6, 6.07) is 3.53. The second-order valence-electron chi connectivity index (χ2n) is 5.14. The molecule has 0 amide bonds. The fourth-order valence-electron chi connectivity index (χ4n) is 2.18. The predicted molar refractivity (Wildman–Crippen MR) is 83.6 cm³/mol. The minimum absolute atomic E-state index is 0.292. The van der Waals surface area contributed by atoms with Gasteiger partial charge in [0.15, 0.2) is 21.3 Å². The quantitative estimate of drug-likeness (QED) is 0.726. The van der Waals surface area contributed by atoms with Crippen molar-refractivity contribution in [3.63, 3.8) is 0 Å². The molecule has 2 rings (SSSR count). The highest BCUT2D eigenvalue weighted by molar-refractivity contribution is 7.94. The summed E-state index contributed by atoms with van der Waals surface area (Å²) < 4.78 is 80.7. The molecule has 0 aliphatic heterocycles. The zero-order valence-electron chi connectivity index (χ0n) is 13.0. The second kappa shape index (κ2) is 7.77. The number of sulfone groups is 1. The number of hydrogen-bond acceptors (Lipinski definition) is 5. The standard InChI is InChI=1S/C15H15F4NO4S/c1-25(21,22)11-5-2-9(3-6-11)20-10-4-7-12(23-14(16)17)13(8-10)24-15(18)19/h2,4-5,7-8,14-15,20H,3,6H2,1H3. The predicted octanol–water partition coefficient (Wildman–Crippen LogP) is 3.91. The lowest BCUT2D eigenvalue weighted by Crippen LogP contribution is -2.10. The molecule has 0 aromatic heterocycles. The molecule has 1 N–H and O–H groups in total. The lowest BCUT2D eigenvalue weighted by molar-refractivity contribution is -0.0691. The van der Waals surface area contributed by atoms with Gasteiger partial charge in [0.2, 0.25) is 0 Å². The Morgan fingerprint density at radius 1 is 1.00 bits per heavy atom. The maximum Gasteiger partial charge on any atom is 0.387 e. The van der Waals surface area contributed by atoms with Crippen LogP contribution in [0.2, 0.25) is 0 Å². The molecule has 0 radical (unpaired) electrons. The van der Waals surface area contributed by atoms with Crippen molar-refractivity contribution in [1.29, 1.82) is 0 Å². The molecule has 0 atom stereocenters. The Morgan fingerprint density at radius 2 is 1.64 bits per heavy atom. The van der Waals surface area contributed by atoms with E-state index in [2.05, 4.69) is 14.8 Å². The van der Waals surface area contributed by atoms with Crippen LogP contribution in [-0.2, 0) is 9.84 Å². The van der Waals surface area contributed by atoms with Crippen LogP contribution < -0.4 is 14.8 Å². The van der Waals surface area contributed by atoms with Gasteiger partial charge in [-0.1, -0.05) is 0 Å². The van der Waals surface area contributed by atoms with Gasteiger partial charge in [0.1, 0.15) is 0 Å². The van der Waals surface area contributed by atoms with Gasteiger partial charge in [-0.2, -0.15) is 17.6 Å². The van der Waals surface area contributed by atoms with Gasteiger partial charge < -0.3 is 14.8 Å². The number of hydrogen-bond donors (Lipinski definition) is 1. The SMILES string of the molecule is CS(=O)(=O)C1=CC=C(Nc2ccc(OC(F)F)c(OC(F)F)c2)CC1. The fourth-order valence-corrected chi connectivity index (χ4v) is 2.97. The fraction of sp³-hybridized carbons (Fsp3) is 0.333. The molecule has 1 aliphatic carbocycles. The number of anilines is 1. The van der Waals surface area contributed by atoms with Crippen LogP contribution in [0.15, 0.2) is 41.0 Å². The van der Waals surface area contributed by atoms with E-state index in [9.17, 15) is 26.0 Å². The highest BCUT2D eigenvalue weighted by atomic mass is 32.2. The molecule has 0 fully saturated rings. The molecule has 0 unspecified atom stereocenters. The Bertz CT molecular complexity index is 791. The van der Waals surface area contributed by atoms with Crippen molar-refractivity contribution in [3.05, 3.63) is 41.0 Å². The number of nitrogens with one attached hydrogen (secondary N) is 1. The number of rotatable bonds is 7.